The van der Waals surface area contributed by atoms with Crippen LogP contribution in [0.15, 0.2) is 41.5 Å². The molecule has 0 amide bonds. The molecule has 2 N–H and O–H groups in total. The van der Waals surface area contributed by atoms with E-state index in [9.17, 15) is 4.39 Å². The second kappa shape index (κ2) is 10.3. The summed E-state index contributed by atoms with van der Waals surface area (Å²) in [6.45, 7) is 1.29. The maximum Gasteiger partial charge on any atom is 0.191 e. The monoisotopic (exact) mass is 460 g/mol. The van der Waals surface area contributed by atoms with E-state index in [0.717, 1.165) is 11.3 Å². The van der Waals surface area contributed by atoms with Gasteiger partial charge in [-0.15, -0.1) is 24.0 Å². The molecule has 1 atom stereocenters. The van der Waals surface area contributed by atoms with Gasteiger partial charge in [0.1, 0.15) is 5.82 Å². The summed E-state index contributed by atoms with van der Waals surface area (Å²) in [5.74, 6) is 0.489. The Balaban J connectivity index is 0.00000312. The number of benzene rings is 1. The van der Waals surface area contributed by atoms with Crippen molar-refractivity contribution in [3.8, 4) is 0 Å². The zero-order chi connectivity index (χ0) is 17.5. The van der Waals surface area contributed by atoms with Gasteiger partial charge in [0.15, 0.2) is 5.96 Å². The van der Waals surface area contributed by atoms with E-state index in [2.05, 4.69) is 25.6 Å². The molecule has 8 heteroatoms. The van der Waals surface area contributed by atoms with Gasteiger partial charge in [-0.25, -0.2) is 4.39 Å². The number of nitrogens with zero attached hydrogens (tertiary/aromatic N) is 4. The van der Waals surface area contributed by atoms with Gasteiger partial charge in [-0.1, -0.05) is 12.1 Å². The molecule has 25 heavy (non-hydrogen) atoms. The first kappa shape index (κ1) is 21.4. The Hall–Kier alpha value is -1.68. The number of aromatic nitrogens is 2. The number of rotatable bonds is 6. The summed E-state index contributed by atoms with van der Waals surface area (Å²) in [6.07, 6.45) is 1.77. The lowest BCUT2D eigenvalue weighted by molar-refractivity contribution is 0.298. The van der Waals surface area contributed by atoms with Crippen molar-refractivity contribution in [1.82, 2.24) is 25.3 Å². The Morgan fingerprint density at radius 3 is 2.44 bits per heavy atom. The van der Waals surface area contributed by atoms with Crippen molar-refractivity contribution in [2.75, 3.05) is 27.7 Å². The third-order valence-corrected chi connectivity index (χ3v) is 3.92. The number of aryl methyl sites for hydroxylation is 1. The smallest absolute Gasteiger partial charge is 0.191 e. The predicted octanol–water partition coefficient (Wildman–Crippen LogP) is 2.15. The standard InChI is InChI=1S/C17H25FN6.HI/c1-19-17(20-11-15-9-10-22-24(15)4)21-12-16(23(2)3)13-5-7-14(18)8-6-13;/h5-10,16H,11-12H2,1-4H3,(H2,19,20,21);1H. The predicted molar refractivity (Wildman–Crippen MR) is 110 cm³/mol. The minimum atomic E-state index is -0.224. The normalized spacial score (nSPS) is 12.6. The third-order valence-electron chi connectivity index (χ3n) is 3.92. The summed E-state index contributed by atoms with van der Waals surface area (Å²) < 4.78 is 14.9. The maximum absolute atomic E-state index is 13.1. The molecule has 1 aromatic heterocycles. The highest BCUT2D eigenvalue weighted by Crippen LogP contribution is 2.17. The third kappa shape index (κ3) is 6.28. The second-order valence-corrected chi connectivity index (χ2v) is 5.78. The van der Waals surface area contributed by atoms with E-state index in [1.165, 1.54) is 12.1 Å². The molecule has 0 aliphatic rings. The molecule has 1 unspecified atom stereocenters. The average Bonchev–Trinajstić information content (AvgIpc) is 2.97. The molecule has 0 saturated heterocycles. The van der Waals surface area contributed by atoms with E-state index in [4.69, 9.17) is 0 Å². The van der Waals surface area contributed by atoms with Gasteiger partial charge in [-0.3, -0.25) is 9.67 Å². The number of aliphatic imine (C=N–C) groups is 1. The van der Waals surface area contributed by atoms with E-state index in [1.807, 2.05) is 44.0 Å². The van der Waals surface area contributed by atoms with Gasteiger partial charge in [0, 0.05) is 26.8 Å². The van der Waals surface area contributed by atoms with Crippen LogP contribution < -0.4 is 10.6 Å². The summed E-state index contributed by atoms with van der Waals surface area (Å²) in [6, 6.07) is 8.67. The summed E-state index contributed by atoms with van der Waals surface area (Å²) in [4.78, 5) is 6.33. The van der Waals surface area contributed by atoms with Crippen molar-refractivity contribution < 1.29 is 4.39 Å². The van der Waals surface area contributed by atoms with Gasteiger partial charge in [-0.2, -0.15) is 5.10 Å². The molecule has 0 fully saturated rings. The Morgan fingerprint density at radius 2 is 1.92 bits per heavy atom. The Kier molecular flexibility index (Phi) is 8.84. The van der Waals surface area contributed by atoms with Gasteiger partial charge in [0.2, 0.25) is 0 Å². The van der Waals surface area contributed by atoms with Crippen LogP contribution in [0.3, 0.4) is 0 Å². The van der Waals surface area contributed by atoms with Crippen molar-refractivity contribution in [2.45, 2.75) is 12.6 Å². The van der Waals surface area contributed by atoms with Crippen LogP contribution in [0.5, 0.6) is 0 Å². The van der Waals surface area contributed by atoms with Crippen LogP contribution in [0.1, 0.15) is 17.3 Å². The number of hydrogen-bond acceptors (Lipinski definition) is 3. The topological polar surface area (TPSA) is 57.5 Å². The first-order chi connectivity index (χ1) is 11.5. The molecular formula is C17H26FIN6. The summed E-state index contributed by atoms with van der Waals surface area (Å²) in [5.41, 5.74) is 2.12. The largest absolute Gasteiger partial charge is 0.354 e. The van der Waals surface area contributed by atoms with Crippen LogP contribution in [0.4, 0.5) is 4.39 Å². The molecule has 0 saturated carbocycles. The summed E-state index contributed by atoms with van der Waals surface area (Å²) >= 11 is 0. The lowest BCUT2D eigenvalue weighted by Crippen LogP contribution is -2.41. The molecule has 2 rings (SSSR count). The molecule has 1 heterocycles. The lowest BCUT2D eigenvalue weighted by atomic mass is 10.1. The lowest BCUT2D eigenvalue weighted by Gasteiger charge is -2.26. The van der Waals surface area contributed by atoms with Crippen LogP contribution in [-0.2, 0) is 13.6 Å². The number of nitrogens with one attached hydrogen (secondary N) is 2. The van der Waals surface area contributed by atoms with Crippen LogP contribution >= 0.6 is 24.0 Å². The van der Waals surface area contributed by atoms with Crippen molar-refractivity contribution in [1.29, 1.82) is 0 Å². The highest BCUT2D eigenvalue weighted by atomic mass is 127. The summed E-state index contributed by atoms with van der Waals surface area (Å²) in [5, 5.41) is 10.7. The summed E-state index contributed by atoms with van der Waals surface area (Å²) in [7, 11) is 7.65. The minimum absolute atomic E-state index is 0. The molecule has 6 nitrogen and oxygen atoms in total. The fourth-order valence-corrected chi connectivity index (χ4v) is 2.45. The first-order valence-electron chi connectivity index (χ1n) is 7.84. The minimum Gasteiger partial charge on any atom is -0.354 e. The van der Waals surface area contributed by atoms with E-state index in [-0.39, 0.29) is 35.8 Å². The Morgan fingerprint density at radius 1 is 1.24 bits per heavy atom. The van der Waals surface area contributed by atoms with Crippen LogP contribution in [0, 0.1) is 5.82 Å². The van der Waals surface area contributed by atoms with Crippen molar-refractivity contribution in [3.05, 3.63) is 53.6 Å². The van der Waals surface area contributed by atoms with Gasteiger partial charge < -0.3 is 15.5 Å². The zero-order valence-electron chi connectivity index (χ0n) is 15.0. The molecule has 138 valence electrons. The second-order valence-electron chi connectivity index (χ2n) is 5.78. The SMILES string of the molecule is CN=C(NCc1ccnn1C)NCC(c1ccc(F)cc1)N(C)C.I. The molecule has 0 spiro atoms. The van der Waals surface area contributed by atoms with Gasteiger partial charge in [0.25, 0.3) is 0 Å². The fourth-order valence-electron chi connectivity index (χ4n) is 2.45. The van der Waals surface area contributed by atoms with Crippen LogP contribution in [0.2, 0.25) is 0 Å². The number of likely N-dealkylation sites (N-methyl/N-ethyl adjacent to an activating group) is 1. The molecule has 0 aliphatic heterocycles. The fraction of sp³-hybridized carbons (Fsp3) is 0.412. The highest BCUT2D eigenvalue weighted by molar-refractivity contribution is 14.0. The van der Waals surface area contributed by atoms with Gasteiger partial charge >= 0.3 is 0 Å². The van der Waals surface area contributed by atoms with Gasteiger partial charge in [-0.05, 0) is 37.9 Å². The van der Waals surface area contributed by atoms with E-state index in [1.54, 1.807) is 13.2 Å². The van der Waals surface area contributed by atoms with Crippen molar-refractivity contribution >= 4 is 29.9 Å². The van der Waals surface area contributed by atoms with E-state index >= 15 is 0 Å². The molecule has 1 aromatic carbocycles. The molecule has 0 aliphatic carbocycles. The van der Waals surface area contributed by atoms with Crippen molar-refractivity contribution in [2.24, 2.45) is 12.0 Å². The highest BCUT2D eigenvalue weighted by Gasteiger charge is 2.14. The quantitative estimate of drug-likeness (QED) is 0.394. The van der Waals surface area contributed by atoms with E-state index < -0.39 is 0 Å². The van der Waals surface area contributed by atoms with Gasteiger partial charge in [0.05, 0.1) is 18.3 Å². The number of hydrogen-bond donors (Lipinski definition) is 2. The molecule has 2 aromatic rings. The van der Waals surface area contributed by atoms with E-state index in [0.29, 0.717) is 19.0 Å². The molecular weight excluding hydrogens is 434 g/mol. The Bertz CT molecular complexity index is 668. The molecule has 0 bridgehead atoms. The van der Waals surface area contributed by atoms with Crippen molar-refractivity contribution in [3.63, 3.8) is 0 Å². The zero-order valence-corrected chi connectivity index (χ0v) is 17.4. The number of halogens is 2. The van der Waals surface area contributed by atoms with Crippen LogP contribution in [-0.4, -0.2) is 48.3 Å². The average molecular weight is 460 g/mol. The maximum atomic E-state index is 13.1. The Labute approximate surface area is 165 Å². The first-order valence-corrected chi connectivity index (χ1v) is 7.84. The van der Waals surface area contributed by atoms with Crippen LogP contribution in [0.25, 0.3) is 0 Å². The molecule has 0 radical (unpaired) electrons. The number of guanidine groups is 1.